The number of aromatic carboxylic acids is 1. The van der Waals surface area contributed by atoms with E-state index in [9.17, 15) is 13.2 Å². The largest absolute Gasteiger partial charge is 0.478 e. The lowest BCUT2D eigenvalue weighted by Gasteiger charge is -2.19. The van der Waals surface area contributed by atoms with Crippen LogP contribution in [0, 0.1) is 0 Å². The summed E-state index contributed by atoms with van der Waals surface area (Å²) in [6.07, 6.45) is 0. The monoisotopic (exact) mass is 291 g/mol. The minimum absolute atomic E-state index is 0.173. The van der Waals surface area contributed by atoms with Gasteiger partial charge in [-0.15, -0.1) is 0 Å². The number of nitrogens with zero attached hydrogens (tertiary/aromatic N) is 1. The van der Waals surface area contributed by atoms with Crippen molar-refractivity contribution in [2.24, 2.45) is 0 Å². The molecule has 1 rings (SSSR count). The predicted molar refractivity (Wildman–Crippen MR) is 68.5 cm³/mol. The summed E-state index contributed by atoms with van der Waals surface area (Å²) in [6, 6.07) is 3.94. The maximum atomic E-state index is 12.2. The van der Waals surface area contributed by atoms with E-state index in [1.54, 1.807) is 13.8 Å². The summed E-state index contributed by atoms with van der Waals surface area (Å²) >= 11 is 5.86. The van der Waals surface area contributed by atoms with Crippen molar-refractivity contribution in [2.75, 3.05) is 13.1 Å². The van der Waals surface area contributed by atoms with Gasteiger partial charge in [-0.05, 0) is 12.1 Å². The average Bonchev–Trinajstić information content (AvgIpc) is 2.29. The Morgan fingerprint density at radius 1 is 1.33 bits per heavy atom. The summed E-state index contributed by atoms with van der Waals surface area (Å²) in [6.45, 7) is 4.00. The van der Waals surface area contributed by atoms with Crippen molar-refractivity contribution in [1.29, 1.82) is 0 Å². The van der Waals surface area contributed by atoms with Gasteiger partial charge in [0.25, 0.3) is 0 Å². The van der Waals surface area contributed by atoms with Crippen LogP contribution in [0.4, 0.5) is 0 Å². The fourth-order valence-corrected chi connectivity index (χ4v) is 3.62. The lowest BCUT2D eigenvalue weighted by molar-refractivity contribution is 0.0697. The van der Waals surface area contributed by atoms with Gasteiger partial charge in [-0.25, -0.2) is 13.2 Å². The number of hydrogen-bond donors (Lipinski definition) is 1. The molecule has 0 spiro atoms. The number of sulfonamides is 1. The van der Waals surface area contributed by atoms with E-state index in [2.05, 4.69) is 0 Å². The van der Waals surface area contributed by atoms with Gasteiger partial charge >= 0.3 is 5.97 Å². The Labute approximate surface area is 111 Å². The zero-order chi connectivity index (χ0) is 13.9. The molecule has 0 atom stereocenters. The van der Waals surface area contributed by atoms with Crippen LogP contribution in [-0.2, 0) is 10.0 Å². The van der Waals surface area contributed by atoms with Crippen molar-refractivity contribution < 1.29 is 18.3 Å². The molecule has 1 aromatic rings. The van der Waals surface area contributed by atoms with Crippen LogP contribution in [0.3, 0.4) is 0 Å². The van der Waals surface area contributed by atoms with Crippen molar-refractivity contribution in [3.63, 3.8) is 0 Å². The van der Waals surface area contributed by atoms with Crippen LogP contribution in [0.25, 0.3) is 0 Å². The van der Waals surface area contributed by atoms with Gasteiger partial charge < -0.3 is 5.11 Å². The molecule has 0 saturated carbocycles. The van der Waals surface area contributed by atoms with Gasteiger partial charge in [-0.1, -0.05) is 31.5 Å². The number of hydrogen-bond acceptors (Lipinski definition) is 3. The highest BCUT2D eigenvalue weighted by atomic mass is 35.5. The second-order valence-corrected chi connectivity index (χ2v) is 5.80. The molecule has 0 aliphatic carbocycles. The highest BCUT2D eigenvalue weighted by Crippen LogP contribution is 2.27. The van der Waals surface area contributed by atoms with E-state index in [0.29, 0.717) is 13.1 Å². The summed E-state index contributed by atoms with van der Waals surface area (Å²) < 4.78 is 25.7. The molecule has 0 amide bonds. The van der Waals surface area contributed by atoms with Gasteiger partial charge in [0.2, 0.25) is 10.0 Å². The molecule has 0 bridgehead atoms. The van der Waals surface area contributed by atoms with Crippen LogP contribution in [0.1, 0.15) is 24.2 Å². The number of benzene rings is 1. The van der Waals surface area contributed by atoms with Gasteiger partial charge in [0.05, 0.1) is 10.6 Å². The van der Waals surface area contributed by atoms with Gasteiger partial charge in [-0.2, -0.15) is 4.31 Å². The quantitative estimate of drug-likeness (QED) is 0.901. The van der Waals surface area contributed by atoms with Crippen LogP contribution >= 0.6 is 11.6 Å². The van der Waals surface area contributed by atoms with Crippen LogP contribution in [0.15, 0.2) is 23.1 Å². The van der Waals surface area contributed by atoms with Crippen molar-refractivity contribution in [3.05, 3.63) is 28.8 Å². The van der Waals surface area contributed by atoms with Crippen molar-refractivity contribution >= 4 is 27.6 Å². The summed E-state index contributed by atoms with van der Waals surface area (Å²) in [5, 5.41) is 8.66. The van der Waals surface area contributed by atoms with Gasteiger partial charge in [0.15, 0.2) is 0 Å². The molecule has 0 heterocycles. The van der Waals surface area contributed by atoms with Crippen LogP contribution in [0.5, 0.6) is 0 Å². The van der Waals surface area contributed by atoms with Crippen molar-refractivity contribution in [1.82, 2.24) is 4.31 Å². The molecule has 0 aliphatic heterocycles. The number of carboxylic acids is 1. The Balaban J connectivity index is 3.43. The van der Waals surface area contributed by atoms with E-state index in [-0.39, 0.29) is 15.5 Å². The smallest absolute Gasteiger partial charge is 0.337 e. The molecular weight excluding hydrogens is 278 g/mol. The SMILES string of the molecule is CCN(CC)S(=O)(=O)c1cccc(C(=O)O)c1Cl. The standard InChI is InChI=1S/C11H14ClNO4S/c1-3-13(4-2)18(16,17)9-7-5-6-8(10(9)12)11(14)15/h5-7H,3-4H2,1-2H3,(H,14,15). The molecule has 0 radical (unpaired) electrons. The molecule has 18 heavy (non-hydrogen) atoms. The third-order valence-corrected chi connectivity index (χ3v) is 5.13. The van der Waals surface area contributed by atoms with E-state index in [1.165, 1.54) is 22.5 Å². The summed E-state index contributed by atoms with van der Waals surface area (Å²) in [5.41, 5.74) is -0.218. The first-order valence-corrected chi connectivity index (χ1v) is 7.20. The van der Waals surface area contributed by atoms with Crippen LogP contribution in [0.2, 0.25) is 5.02 Å². The number of carboxylic acid groups (broad SMARTS) is 1. The molecule has 0 unspecified atom stereocenters. The fourth-order valence-electron chi connectivity index (χ4n) is 1.58. The normalized spacial score (nSPS) is 11.8. The zero-order valence-corrected chi connectivity index (χ0v) is 11.6. The highest BCUT2D eigenvalue weighted by molar-refractivity contribution is 7.89. The zero-order valence-electron chi connectivity index (χ0n) is 10.1. The molecule has 5 nitrogen and oxygen atoms in total. The van der Waals surface area contributed by atoms with Gasteiger partial charge in [-0.3, -0.25) is 0 Å². The number of rotatable bonds is 5. The van der Waals surface area contributed by atoms with E-state index >= 15 is 0 Å². The van der Waals surface area contributed by atoms with Crippen LogP contribution < -0.4 is 0 Å². The van der Waals surface area contributed by atoms with Crippen molar-refractivity contribution in [3.8, 4) is 0 Å². The second-order valence-electron chi connectivity index (χ2n) is 3.51. The first kappa shape index (κ1) is 14.9. The Bertz CT molecular complexity index is 552. The third-order valence-electron chi connectivity index (χ3n) is 2.52. The maximum absolute atomic E-state index is 12.2. The predicted octanol–water partition coefficient (Wildman–Crippen LogP) is 2.07. The molecule has 100 valence electrons. The lowest BCUT2D eigenvalue weighted by atomic mass is 10.2. The highest BCUT2D eigenvalue weighted by Gasteiger charge is 2.26. The molecule has 7 heteroatoms. The summed E-state index contributed by atoms with van der Waals surface area (Å²) in [4.78, 5) is 10.7. The Morgan fingerprint density at radius 2 is 1.89 bits per heavy atom. The van der Waals surface area contributed by atoms with Gasteiger partial charge in [0, 0.05) is 13.1 Å². The number of halogens is 1. The Morgan fingerprint density at radius 3 is 2.33 bits per heavy atom. The molecule has 1 aromatic carbocycles. The van der Waals surface area contributed by atoms with Gasteiger partial charge in [0.1, 0.15) is 4.90 Å². The molecular formula is C11H14ClNO4S. The molecule has 0 saturated heterocycles. The summed E-state index contributed by atoms with van der Waals surface area (Å²) in [5.74, 6) is -1.25. The van der Waals surface area contributed by atoms with Crippen molar-refractivity contribution in [2.45, 2.75) is 18.7 Å². The summed E-state index contributed by atoms with van der Waals surface area (Å²) in [7, 11) is -3.75. The van der Waals surface area contributed by atoms with Crippen LogP contribution in [-0.4, -0.2) is 36.9 Å². The lowest BCUT2D eigenvalue weighted by Crippen LogP contribution is -2.31. The first-order valence-electron chi connectivity index (χ1n) is 5.38. The second kappa shape index (κ2) is 5.69. The van der Waals surface area contributed by atoms with E-state index in [4.69, 9.17) is 16.7 Å². The Hall–Kier alpha value is -1.11. The first-order chi connectivity index (χ1) is 8.36. The van der Waals surface area contributed by atoms with E-state index in [0.717, 1.165) is 0 Å². The minimum Gasteiger partial charge on any atom is -0.478 e. The third kappa shape index (κ3) is 2.66. The fraction of sp³-hybridized carbons (Fsp3) is 0.364. The van der Waals surface area contributed by atoms with E-state index in [1.807, 2.05) is 0 Å². The molecule has 0 aromatic heterocycles. The molecule has 0 fully saturated rings. The topological polar surface area (TPSA) is 74.7 Å². The number of carbonyl (C=O) groups is 1. The minimum atomic E-state index is -3.75. The Kier molecular flexibility index (Phi) is 4.72. The van der Waals surface area contributed by atoms with E-state index < -0.39 is 16.0 Å². The molecule has 1 N–H and O–H groups in total. The average molecular weight is 292 g/mol. The maximum Gasteiger partial charge on any atom is 0.337 e. The molecule has 0 aliphatic rings.